The summed E-state index contributed by atoms with van der Waals surface area (Å²) in [5.41, 5.74) is 1.88. The average molecular weight is 517 g/mol. The molecule has 33 heavy (non-hydrogen) atoms. The van der Waals surface area contributed by atoms with Crippen LogP contribution < -0.4 is 0 Å². The molecule has 1 aliphatic carbocycles. The van der Waals surface area contributed by atoms with Gasteiger partial charge in [-0.15, -0.1) is 0 Å². The molecule has 0 saturated carbocycles. The lowest BCUT2D eigenvalue weighted by molar-refractivity contribution is -0.171. The van der Waals surface area contributed by atoms with Gasteiger partial charge in [0.25, 0.3) is 0 Å². The van der Waals surface area contributed by atoms with Crippen molar-refractivity contribution < 1.29 is 24.2 Å². The SMILES string of the molecule is C=C1C(=O)OC2CC1C(OC(=O)c1ccc(Br)cc1)C/C(C)=C\CC/C(C)=C\CCC2(C)O. The molecule has 2 bridgehead atoms. The van der Waals surface area contributed by atoms with E-state index in [1.54, 1.807) is 31.2 Å². The first kappa shape index (κ1) is 25.4. The molecule has 2 aliphatic rings. The first-order valence-electron chi connectivity index (χ1n) is 11.5. The zero-order chi connectivity index (χ0) is 24.2. The first-order chi connectivity index (χ1) is 15.6. The highest BCUT2D eigenvalue weighted by Crippen LogP contribution is 2.38. The second kappa shape index (κ2) is 10.8. The van der Waals surface area contributed by atoms with Gasteiger partial charge in [-0.25, -0.2) is 9.59 Å². The number of hydrogen-bond acceptors (Lipinski definition) is 5. The molecule has 1 aliphatic heterocycles. The van der Waals surface area contributed by atoms with E-state index in [0.717, 1.165) is 22.9 Å². The van der Waals surface area contributed by atoms with Crippen LogP contribution in [0.5, 0.6) is 0 Å². The van der Waals surface area contributed by atoms with Gasteiger partial charge in [0.2, 0.25) is 0 Å². The Bertz CT molecular complexity index is 957. The summed E-state index contributed by atoms with van der Waals surface area (Å²) in [5, 5.41) is 11.2. The zero-order valence-corrected chi connectivity index (χ0v) is 21.2. The average Bonchev–Trinajstić information content (AvgIpc) is 2.74. The molecule has 0 spiro atoms. The van der Waals surface area contributed by atoms with E-state index >= 15 is 0 Å². The van der Waals surface area contributed by atoms with E-state index in [1.807, 2.05) is 6.92 Å². The molecular formula is C27H33BrO5. The normalized spacial score (nSPS) is 32.5. The van der Waals surface area contributed by atoms with Crippen LogP contribution in [0.4, 0.5) is 0 Å². The van der Waals surface area contributed by atoms with Gasteiger partial charge in [0.1, 0.15) is 12.2 Å². The van der Waals surface area contributed by atoms with Crippen molar-refractivity contribution in [2.45, 2.75) is 77.1 Å². The van der Waals surface area contributed by atoms with Crippen LogP contribution in [-0.2, 0) is 14.3 Å². The Morgan fingerprint density at radius 3 is 2.55 bits per heavy atom. The fourth-order valence-electron chi connectivity index (χ4n) is 4.41. The predicted octanol–water partition coefficient (Wildman–Crippen LogP) is 6.07. The Morgan fingerprint density at radius 1 is 1.18 bits per heavy atom. The maximum atomic E-state index is 13.0. The fourth-order valence-corrected chi connectivity index (χ4v) is 4.68. The fraction of sp³-hybridized carbons (Fsp3) is 0.481. The molecular weight excluding hydrogens is 484 g/mol. The number of rotatable bonds is 2. The third-order valence-corrected chi connectivity index (χ3v) is 7.13. The van der Waals surface area contributed by atoms with Gasteiger partial charge in [-0.1, -0.05) is 45.8 Å². The third kappa shape index (κ3) is 6.67. The standard InChI is InChI=1S/C27H33BrO5/c1-17-7-5-8-18(2)15-23(32-26(30)20-10-12-21(28)13-11-20)22-16-24(33-25(29)19(22)3)27(4,31)14-6-9-17/h8-13,22-24,31H,3,5-7,14-16H2,1-2,4H3/b17-9-,18-8-. The van der Waals surface area contributed by atoms with E-state index in [1.165, 1.54) is 5.57 Å². The Kier molecular flexibility index (Phi) is 8.35. The number of carbonyl (C=O) groups excluding carboxylic acids is 2. The summed E-state index contributed by atoms with van der Waals surface area (Å²) in [5.74, 6) is -1.43. The molecule has 1 aromatic carbocycles. The van der Waals surface area contributed by atoms with Crippen molar-refractivity contribution in [1.29, 1.82) is 0 Å². The van der Waals surface area contributed by atoms with Gasteiger partial charge in [-0.05, 0) is 77.1 Å². The smallest absolute Gasteiger partial charge is 0.338 e. The summed E-state index contributed by atoms with van der Waals surface area (Å²) in [6.45, 7) is 9.77. The van der Waals surface area contributed by atoms with Crippen molar-refractivity contribution >= 4 is 27.9 Å². The van der Waals surface area contributed by atoms with Gasteiger partial charge in [-0.3, -0.25) is 0 Å². The lowest BCUT2D eigenvalue weighted by atomic mass is 9.78. The number of allylic oxidation sites excluding steroid dienone is 3. The molecule has 1 fully saturated rings. The molecule has 6 heteroatoms. The van der Waals surface area contributed by atoms with Crippen molar-refractivity contribution in [2.75, 3.05) is 0 Å². The minimum absolute atomic E-state index is 0.284. The lowest BCUT2D eigenvalue weighted by Gasteiger charge is -2.41. The highest BCUT2D eigenvalue weighted by Gasteiger charge is 2.45. The van der Waals surface area contributed by atoms with E-state index in [2.05, 4.69) is 41.6 Å². The Balaban J connectivity index is 1.94. The topological polar surface area (TPSA) is 72.8 Å². The number of benzene rings is 1. The number of fused-ring (bicyclic) bond motifs is 2. The van der Waals surface area contributed by atoms with Crippen LogP contribution >= 0.6 is 15.9 Å². The van der Waals surface area contributed by atoms with E-state index in [9.17, 15) is 14.7 Å². The molecule has 4 unspecified atom stereocenters. The largest absolute Gasteiger partial charge is 0.458 e. The van der Waals surface area contributed by atoms with Gasteiger partial charge < -0.3 is 14.6 Å². The molecule has 4 atom stereocenters. The molecule has 0 aromatic heterocycles. The molecule has 1 aromatic rings. The maximum absolute atomic E-state index is 13.0. The first-order valence-corrected chi connectivity index (χ1v) is 12.3. The highest BCUT2D eigenvalue weighted by molar-refractivity contribution is 9.10. The third-order valence-electron chi connectivity index (χ3n) is 6.61. The second-order valence-electron chi connectivity index (χ2n) is 9.45. The highest BCUT2D eigenvalue weighted by atomic mass is 79.9. The van der Waals surface area contributed by atoms with E-state index in [4.69, 9.17) is 9.47 Å². The summed E-state index contributed by atoms with van der Waals surface area (Å²) in [6.07, 6.45) is 6.84. The maximum Gasteiger partial charge on any atom is 0.338 e. The van der Waals surface area contributed by atoms with Gasteiger partial charge in [0.05, 0.1) is 11.2 Å². The van der Waals surface area contributed by atoms with Crippen molar-refractivity contribution in [3.05, 3.63) is 69.8 Å². The molecule has 1 saturated heterocycles. The minimum atomic E-state index is -1.19. The number of halogens is 1. The minimum Gasteiger partial charge on any atom is -0.458 e. The lowest BCUT2D eigenvalue weighted by Crippen LogP contribution is -2.49. The van der Waals surface area contributed by atoms with E-state index in [-0.39, 0.29) is 5.57 Å². The number of hydrogen-bond donors (Lipinski definition) is 1. The number of ether oxygens (including phenoxy) is 2. The monoisotopic (exact) mass is 516 g/mol. The van der Waals surface area contributed by atoms with E-state index < -0.39 is 35.7 Å². The number of carbonyl (C=O) groups is 2. The van der Waals surface area contributed by atoms with Gasteiger partial charge in [0.15, 0.2) is 0 Å². The van der Waals surface area contributed by atoms with Gasteiger partial charge in [-0.2, -0.15) is 0 Å². The van der Waals surface area contributed by atoms with Gasteiger partial charge in [0, 0.05) is 22.4 Å². The Hall–Kier alpha value is -2.18. The van der Waals surface area contributed by atoms with Crippen LogP contribution in [-0.4, -0.2) is 34.9 Å². The molecule has 178 valence electrons. The van der Waals surface area contributed by atoms with E-state index in [0.29, 0.717) is 31.2 Å². The van der Waals surface area contributed by atoms with Crippen LogP contribution in [0.3, 0.4) is 0 Å². The van der Waals surface area contributed by atoms with Crippen LogP contribution in [0, 0.1) is 5.92 Å². The number of esters is 2. The molecule has 0 amide bonds. The van der Waals surface area contributed by atoms with Gasteiger partial charge >= 0.3 is 11.9 Å². The van der Waals surface area contributed by atoms with Crippen molar-refractivity contribution in [1.82, 2.24) is 0 Å². The van der Waals surface area contributed by atoms with Crippen molar-refractivity contribution in [3.8, 4) is 0 Å². The Labute approximate surface area is 204 Å². The predicted molar refractivity (Wildman–Crippen MR) is 132 cm³/mol. The quantitative estimate of drug-likeness (QED) is 0.293. The summed E-state index contributed by atoms with van der Waals surface area (Å²) in [7, 11) is 0. The molecule has 3 rings (SSSR count). The summed E-state index contributed by atoms with van der Waals surface area (Å²) in [4.78, 5) is 25.7. The second-order valence-corrected chi connectivity index (χ2v) is 10.4. The van der Waals surface area contributed by atoms with Crippen LogP contribution in [0.2, 0.25) is 0 Å². The molecule has 0 radical (unpaired) electrons. The summed E-state index contributed by atoms with van der Waals surface area (Å²) in [6, 6.07) is 6.97. The van der Waals surface area contributed by atoms with Crippen LogP contribution in [0.15, 0.2) is 64.2 Å². The number of aliphatic hydroxyl groups is 1. The van der Waals surface area contributed by atoms with Crippen molar-refractivity contribution in [2.24, 2.45) is 5.92 Å². The van der Waals surface area contributed by atoms with Crippen LogP contribution in [0.25, 0.3) is 0 Å². The summed E-state index contributed by atoms with van der Waals surface area (Å²) >= 11 is 3.38. The van der Waals surface area contributed by atoms with Crippen LogP contribution in [0.1, 0.15) is 69.7 Å². The molecule has 1 heterocycles. The molecule has 5 nitrogen and oxygen atoms in total. The zero-order valence-electron chi connectivity index (χ0n) is 19.6. The molecule has 1 N–H and O–H groups in total. The van der Waals surface area contributed by atoms with Crippen molar-refractivity contribution in [3.63, 3.8) is 0 Å². The Morgan fingerprint density at radius 2 is 1.85 bits per heavy atom. The summed E-state index contributed by atoms with van der Waals surface area (Å²) < 4.78 is 12.4.